The summed E-state index contributed by atoms with van der Waals surface area (Å²) in [4.78, 5) is 0. The SMILES string of the molecule is CCOc1ccc(Cc2cc(C3(OC)OC(CO)C(OCc4ccccc4)C(OCc4ccccc4)C3OCc3ccccc3)ccc2Cl)cc1. The highest BCUT2D eigenvalue weighted by molar-refractivity contribution is 6.31. The number of aliphatic hydroxyl groups is 1. The average molecular weight is 709 g/mol. The van der Waals surface area contributed by atoms with Crippen LogP contribution in [0.2, 0.25) is 5.02 Å². The van der Waals surface area contributed by atoms with Crippen LogP contribution >= 0.6 is 11.6 Å². The Morgan fingerprint density at radius 1 is 0.667 bits per heavy atom. The summed E-state index contributed by atoms with van der Waals surface area (Å²) >= 11 is 6.83. The standard InChI is InChI=1S/C43H45ClO7/c1-3-47-37-22-19-31(20-23-37)25-35-26-36(21-24-38(35)44)43(46-2)42(50-30-34-17-11-6-12-18-34)41(49-29-33-15-9-5-10-16-33)40(39(27-45)51-43)48-28-32-13-7-4-8-14-32/h4-24,26,39-42,45H,3,25,27-30H2,1-2H3. The lowest BCUT2D eigenvalue weighted by atomic mass is 9.86. The molecule has 7 nitrogen and oxygen atoms in total. The van der Waals surface area contributed by atoms with E-state index < -0.39 is 30.2 Å². The van der Waals surface area contributed by atoms with E-state index in [0.29, 0.717) is 23.6 Å². The van der Waals surface area contributed by atoms with Gasteiger partial charge in [0.15, 0.2) is 0 Å². The molecule has 8 heteroatoms. The minimum absolute atomic E-state index is 0.257. The molecular weight excluding hydrogens is 664 g/mol. The van der Waals surface area contributed by atoms with Gasteiger partial charge in [0.05, 0.1) is 33.0 Å². The molecule has 5 unspecified atom stereocenters. The topological polar surface area (TPSA) is 75.6 Å². The van der Waals surface area contributed by atoms with Crippen molar-refractivity contribution < 1.29 is 33.5 Å². The third-order valence-electron chi connectivity index (χ3n) is 9.09. The van der Waals surface area contributed by atoms with Crippen molar-refractivity contribution in [3.05, 3.63) is 172 Å². The first-order valence-electron chi connectivity index (χ1n) is 17.3. The van der Waals surface area contributed by atoms with Crippen LogP contribution in [0.5, 0.6) is 5.75 Å². The van der Waals surface area contributed by atoms with Crippen LogP contribution in [0.1, 0.15) is 40.3 Å². The molecule has 1 fully saturated rings. The van der Waals surface area contributed by atoms with Crippen LogP contribution in [0.4, 0.5) is 0 Å². The fourth-order valence-electron chi connectivity index (χ4n) is 6.51. The van der Waals surface area contributed by atoms with Crippen LogP contribution in [0.25, 0.3) is 0 Å². The molecule has 0 aliphatic carbocycles. The number of aliphatic hydroxyl groups excluding tert-OH is 1. The Bertz CT molecular complexity index is 1770. The van der Waals surface area contributed by atoms with E-state index in [-0.39, 0.29) is 26.4 Å². The summed E-state index contributed by atoms with van der Waals surface area (Å²) in [6.45, 7) is 3.05. The first-order valence-corrected chi connectivity index (χ1v) is 17.7. The number of halogens is 1. The number of ether oxygens (including phenoxy) is 6. The van der Waals surface area contributed by atoms with Crippen LogP contribution in [-0.4, -0.2) is 49.8 Å². The Kier molecular flexibility index (Phi) is 12.9. The normalized spacial score (nSPS) is 21.7. The minimum Gasteiger partial charge on any atom is -0.494 e. The summed E-state index contributed by atoms with van der Waals surface area (Å²) in [5.74, 6) is -0.692. The molecule has 266 valence electrons. The summed E-state index contributed by atoms with van der Waals surface area (Å²) in [6.07, 6.45) is -2.53. The van der Waals surface area contributed by atoms with Crippen molar-refractivity contribution >= 4 is 11.6 Å². The van der Waals surface area contributed by atoms with Gasteiger partial charge in [-0.25, -0.2) is 0 Å². The zero-order valence-corrected chi connectivity index (χ0v) is 29.8. The van der Waals surface area contributed by atoms with Crippen LogP contribution < -0.4 is 4.74 Å². The molecule has 0 spiro atoms. The smallest absolute Gasteiger partial charge is 0.225 e. The van der Waals surface area contributed by atoms with E-state index in [1.165, 1.54) is 0 Å². The number of methoxy groups -OCH3 is 1. The number of hydrogen-bond donors (Lipinski definition) is 1. The van der Waals surface area contributed by atoms with Crippen molar-refractivity contribution in [1.29, 1.82) is 0 Å². The monoisotopic (exact) mass is 708 g/mol. The first-order chi connectivity index (χ1) is 25.0. The van der Waals surface area contributed by atoms with Crippen LogP contribution in [0.15, 0.2) is 133 Å². The van der Waals surface area contributed by atoms with Crippen molar-refractivity contribution in [3.63, 3.8) is 0 Å². The molecular formula is C43H45ClO7. The van der Waals surface area contributed by atoms with Crippen LogP contribution in [0.3, 0.4) is 0 Å². The molecule has 0 aromatic heterocycles. The molecule has 5 atom stereocenters. The summed E-state index contributed by atoms with van der Waals surface area (Å²) < 4.78 is 39.2. The van der Waals surface area contributed by atoms with Crippen LogP contribution in [0, 0.1) is 0 Å². The highest BCUT2D eigenvalue weighted by Gasteiger charge is 2.58. The Morgan fingerprint density at radius 3 is 1.75 bits per heavy atom. The first kappa shape index (κ1) is 36.7. The highest BCUT2D eigenvalue weighted by atomic mass is 35.5. The summed E-state index contributed by atoms with van der Waals surface area (Å²) in [5, 5.41) is 11.5. The van der Waals surface area contributed by atoms with Gasteiger partial charge in [0, 0.05) is 17.7 Å². The van der Waals surface area contributed by atoms with Crippen molar-refractivity contribution in [1.82, 2.24) is 0 Å². The summed E-state index contributed by atoms with van der Waals surface area (Å²) in [5.41, 5.74) is 5.57. The van der Waals surface area contributed by atoms with Gasteiger partial charge in [0.1, 0.15) is 30.2 Å². The van der Waals surface area contributed by atoms with Gasteiger partial charge in [-0.2, -0.15) is 0 Å². The largest absolute Gasteiger partial charge is 0.494 e. The van der Waals surface area contributed by atoms with Gasteiger partial charge < -0.3 is 33.5 Å². The highest BCUT2D eigenvalue weighted by Crippen LogP contribution is 2.44. The maximum absolute atomic E-state index is 10.9. The minimum atomic E-state index is -1.51. The predicted octanol–water partition coefficient (Wildman–Crippen LogP) is 8.28. The summed E-state index contributed by atoms with van der Waals surface area (Å²) in [6, 6.07) is 43.5. The molecule has 0 bridgehead atoms. The molecule has 0 radical (unpaired) electrons. The van der Waals surface area contributed by atoms with Crippen LogP contribution in [-0.2, 0) is 55.7 Å². The fraction of sp³-hybridized carbons (Fsp3) is 0.302. The Morgan fingerprint density at radius 2 is 1.22 bits per heavy atom. The molecule has 5 aromatic carbocycles. The third-order valence-corrected chi connectivity index (χ3v) is 9.46. The molecule has 0 amide bonds. The maximum Gasteiger partial charge on any atom is 0.225 e. The second-order valence-electron chi connectivity index (χ2n) is 12.5. The fourth-order valence-corrected chi connectivity index (χ4v) is 6.70. The third kappa shape index (κ3) is 9.07. The number of hydrogen-bond acceptors (Lipinski definition) is 7. The van der Waals surface area contributed by atoms with E-state index in [0.717, 1.165) is 33.6 Å². The van der Waals surface area contributed by atoms with Gasteiger partial charge in [-0.1, -0.05) is 121 Å². The second kappa shape index (κ2) is 17.9. The molecule has 51 heavy (non-hydrogen) atoms. The molecule has 1 aliphatic rings. The predicted molar refractivity (Wildman–Crippen MR) is 198 cm³/mol. The van der Waals surface area contributed by atoms with E-state index >= 15 is 0 Å². The Labute approximate surface area is 305 Å². The molecule has 1 heterocycles. The van der Waals surface area contributed by atoms with Crippen molar-refractivity contribution in [3.8, 4) is 5.75 Å². The zero-order valence-electron chi connectivity index (χ0n) is 29.0. The van der Waals surface area contributed by atoms with Gasteiger partial charge >= 0.3 is 0 Å². The maximum atomic E-state index is 10.9. The molecule has 5 aromatic rings. The number of benzene rings is 5. The van der Waals surface area contributed by atoms with Gasteiger partial charge in [-0.3, -0.25) is 0 Å². The van der Waals surface area contributed by atoms with Gasteiger partial charge in [-0.05, 0) is 65.4 Å². The zero-order chi connectivity index (χ0) is 35.5. The quantitative estimate of drug-likeness (QED) is 0.111. The lowest BCUT2D eigenvalue weighted by molar-refractivity contribution is -0.384. The van der Waals surface area contributed by atoms with Crippen molar-refractivity contribution in [2.45, 2.75) is 63.4 Å². The van der Waals surface area contributed by atoms with Crippen molar-refractivity contribution in [2.24, 2.45) is 0 Å². The second-order valence-corrected chi connectivity index (χ2v) is 12.9. The lowest BCUT2D eigenvalue weighted by Gasteiger charge is -2.52. The Hall–Kier alpha value is -4.05. The Balaban J connectivity index is 1.40. The summed E-state index contributed by atoms with van der Waals surface area (Å²) in [7, 11) is 1.59. The molecule has 0 saturated carbocycles. The van der Waals surface area contributed by atoms with Crippen molar-refractivity contribution in [2.75, 3.05) is 20.3 Å². The molecule has 1 aliphatic heterocycles. The lowest BCUT2D eigenvalue weighted by Crippen LogP contribution is -2.66. The van der Waals surface area contributed by atoms with Gasteiger partial charge in [0.2, 0.25) is 5.79 Å². The molecule has 1 saturated heterocycles. The van der Waals surface area contributed by atoms with Gasteiger partial charge in [0.25, 0.3) is 0 Å². The molecule has 1 N–H and O–H groups in total. The molecule has 6 rings (SSSR count). The average Bonchev–Trinajstić information content (AvgIpc) is 3.18. The van der Waals surface area contributed by atoms with E-state index in [9.17, 15) is 5.11 Å². The van der Waals surface area contributed by atoms with E-state index in [1.54, 1.807) is 7.11 Å². The van der Waals surface area contributed by atoms with E-state index in [2.05, 4.69) is 0 Å². The van der Waals surface area contributed by atoms with E-state index in [1.807, 2.05) is 140 Å². The number of rotatable bonds is 16. The van der Waals surface area contributed by atoms with E-state index in [4.69, 9.17) is 40.0 Å². The van der Waals surface area contributed by atoms with Gasteiger partial charge in [-0.15, -0.1) is 0 Å².